The summed E-state index contributed by atoms with van der Waals surface area (Å²) in [7, 11) is 0. The standard InChI is InChI=1S/C10H7ClF3N3O/c11-8-3-6(10(12,13)14)4-9(17-8)15-5-7-1-2-16-18-7/h1-4H,5H2,(H,15,17). The molecule has 2 heterocycles. The van der Waals surface area contributed by atoms with Gasteiger partial charge in [-0.15, -0.1) is 0 Å². The number of anilines is 1. The summed E-state index contributed by atoms with van der Waals surface area (Å²) in [6, 6.07) is 3.23. The van der Waals surface area contributed by atoms with Crippen LogP contribution < -0.4 is 5.32 Å². The fourth-order valence-electron chi connectivity index (χ4n) is 1.26. The summed E-state index contributed by atoms with van der Waals surface area (Å²) in [6.45, 7) is 0.171. The third-order valence-electron chi connectivity index (χ3n) is 2.06. The molecule has 0 aromatic carbocycles. The highest BCUT2D eigenvalue weighted by molar-refractivity contribution is 6.29. The summed E-state index contributed by atoms with van der Waals surface area (Å²) >= 11 is 5.53. The maximum Gasteiger partial charge on any atom is 0.416 e. The van der Waals surface area contributed by atoms with E-state index in [-0.39, 0.29) is 17.5 Å². The van der Waals surface area contributed by atoms with Gasteiger partial charge in [-0.1, -0.05) is 16.8 Å². The largest absolute Gasteiger partial charge is 0.416 e. The van der Waals surface area contributed by atoms with Crippen molar-refractivity contribution in [2.24, 2.45) is 0 Å². The summed E-state index contributed by atoms with van der Waals surface area (Å²) in [5, 5.41) is 5.91. The van der Waals surface area contributed by atoms with Crippen molar-refractivity contribution in [3.63, 3.8) is 0 Å². The summed E-state index contributed by atoms with van der Waals surface area (Å²) in [5.41, 5.74) is -0.859. The molecule has 0 spiro atoms. The van der Waals surface area contributed by atoms with Crippen LogP contribution in [0.15, 0.2) is 28.9 Å². The van der Waals surface area contributed by atoms with E-state index >= 15 is 0 Å². The van der Waals surface area contributed by atoms with E-state index in [1.165, 1.54) is 6.20 Å². The molecule has 0 saturated carbocycles. The van der Waals surface area contributed by atoms with E-state index in [4.69, 9.17) is 16.1 Å². The summed E-state index contributed by atoms with van der Waals surface area (Å²) in [6.07, 6.45) is -3.03. The monoisotopic (exact) mass is 277 g/mol. The minimum Gasteiger partial charge on any atom is -0.363 e. The first-order chi connectivity index (χ1) is 8.45. The van der Waals surface area contributed by atoms with E-state index in [9.17, 15) is 13.2 Å². The highest BCUT2D eigenvalue weighted by Gasteiger charge is 2.31. The Morgan fingerprint density at radius 1 is 1.33 bits per heavy atom. The molecule has 0 aliphatic heterocycles. The molecule has 1 N–H and O–H groups in total. The van der Waals surface area contributed by atoms with Gasteiger partial charge in [0.05, 0.1) is 18.3 Å². The number of alkyl halides is 3. The Bertz CT molecular complexity index is 528. The average Bonchev–Trinajstić information content (AvgIpc) is 2.77. The lowest BCUT2D eigenvalue weighted by Gasteiger charge is -2.09. The van der Waals surface area contributed by atoms with Crippen LogP contribution >= 0.6 is 11.6 Å². The van der Waals surface area contributed by atoms with Gasteiger partial charge in [0.25, 0.3) is 0 Å². The molecule has 2 aromatic rings. The van der Waals surface area contributed by atoms with Gasteiger partial charge in [-0.3, -0.25) is 0 Å². The van der Waals surface area contributed by atoms with Crippen LogP contribution in [0, 0.1) is 0 Å². The van der Waals surface area contributed by atoms with Crippen LogP contribution in [0.2, 0.25) is 5.15 Å². The van der Waals surface area contributed by atoms with E-state index in [1.807, 2.05) is 0 Å². The van der Waals surface area contributed by atoms with Gasteiger partial charge in [-0.25, -0.2) is 4.98 Å². The number of halogens is 4. The molecule has 0 unspecified atom stereocenters. The SMILES string of the molecule is FC(F)(F)c1cc(Cl)nc(NCc2ccno2)c1. The zero-order valence-corrected chi connectivity index (χ0v) is 9.59. The van der Waals surface area contributed by atoms with Gasteiger partial charge in [0.15, 0.2) is 5.76 Å². The van der Waals surface area contributed by atoms with Crippen molar-refractivity contribution >= 4 is 17.4 Å². The van der Waals surface area contributed by atoms with E-state index in [2.05, 4.69) is 15.5 Å². The molecule has 0 radical (unpaired) electrons. The van der Waals surface area contributed by atoms with Crippen molar-refractivity contribution in [3.05, 3.63) is 40.9 Å². The van der Waals surface area contributed by atoms with Crippen LogP contribution in [-0.2, 0) is 12.7 Å². The van der Waals surface area contributed by atoms with Crippen LogP contribution in [0.5, 0.6) is 0 Å². The van der Waals surface area contributed by atoms with Crippen molar-refractivity contribution in [3.8, 4) is 0 Å². The maximum atomic E-state index is 12.5. The minimum atomic E-state index is -4.46. The van der Waals surface area contributed by atoms with Crippen LogP contribution in [-0.4, -0.2) is 10.1 Å². The fraction of sp³-hybridized carbons (Fsp3) is 0.200. The molecule has 0 fully saturated rings. The highest BCUT2D eigenvalue weighted by atomic mass is 35.5. The molecule has 0 bridgehead atoms. The molecule has 18 heavy (non-hydrogen) atoms. The molecule has 0 aliphatic carbocycles. The third kappa shape index (κ3) is 3.13. The van der Waals surface area contributed by atoms with Gasteiger partial charge in [-0.05, 0) is 12.1 Å². The van der Waals surface area contributed by atoms with Crippen molar-refractivity contribution < 1.29 is 17.7 Å². The lowest BCUT2D eigenvalue weighted by molar-refractivity contribution is -0.137. The zero-order chi connectivity index (χ0) is 13.2. The van der Waals surface area contributed by atoms with Gasteiger partial charge >= 0.3 is 6.18 Å². The highest BCUT2D eigenvalue weighted by Crippen LogP contribution is 2.31. The Morgan fingerprint density at radius 3 is 2.72 bits per heavy atom. The van der Waals surface area contributed by atoms with Crippen molar-refractivity contribution in [1.82, 2.24) is 10.1 Å². The average molecular weight is 278 g/mol. The number of nitrogens with zero attached hydrogens (tertiary/aromatic N) is 2. The molecule has 4 nitrogen and oxygen atoms in total. The van der Waals surface area contributed by atoms with E-state index < -0.39 is 11.7 Å². The smallest absolute Gasteiger partial charge is 0.363 e. The summed E-state index contributed by atoms with van der Waals surface area (Å²) in [5.74, 6) is 0.497. The fourth-order valence-corrected chi connectivity index (χ4v) is 1.47. The second-order valence-corrected chi connectivity index (χ2v) is 3.78. The lowest BCUT2D eigenvalue weighted by Crippen LogP contribution is -2.08. The molecular formula is C10H7ClF3N3O. The Balaban J connectivity index is 2.15. The summed E-state index contributed by atoms with van der Waals surface area (Å²) in [4.78, 5) is 3.74. The predicted octanol–water partition coefficient (Wildman–Crippen LogP) is 3.35. The van der Waals surface area contributed by atoms with E-state index in [1.54, 1.807) is 6.07 Å². The number of pyridine rings is 1. The second kappa shape index (κ2) is 4.85. The molecule has 8 heteroatoms. The Labute approximate surface area is 105 Å². The number of hydrogen-bond acceptors (Lipinski definition) is 4. The normalized spacial score (nSPS) is 11.6. The first-order valence-electron chi connectivity index (χ1n) is 4.83. The van der Waals surface area contributed by atoms with Crippen LogP contribution in [0.1, 0.15) is 11.3 Å². The molecular weight excluding hydrogens is 271 g/mol. The van der Waals surface area contributed by atoms with Crippen molar-refractivity contribution in [1.29, 1.82) is 0 Å². The quantitative estimate of drug-likeness (QED) is 0.874. The Kier molecular flexibility index (Phi) is 3.42. The zero-order valence-electron chi connectivity index (χ0n) is 8.83. The Hall–Kier alpha value is -1.76. The van der Waals surface area contributed by atoms with Gasteiger partial charge in [0, 0.05) is 6.07 Å². The number of hydrogen-bond donors (Lipinski definition) is 1. The van der Waals surface area contributed by atoms with Crippen LogP contribution in [0.4, 0.5) is 19.0 Å². The molecule has 0 atom stereocenters. The van der Waals surface area contributed by atoms with Crippen LogP contribution in [0.25, 0.3) is 0 Å². The first-order valence-corrected chi connectivity index (χ1v) is 5.21. The first kappa shape index (κ1) is 12.7. The second-order valence-electron chi connectivity index (χ2n) is 3.39. The molecule has 2 aromatic heterocycles. The topological polar surface area (TPSA) is 51.0 Å². The van der Waals surface area contributed by atoms with Crippen LogP contribution in [0.3, 0.4) is 0 Å². The van der Waals surface area contributed by atoms with Gasteiger partial charge in [-0.2, -0.15) is 13.2 Å². The maximum absolute atomic E-state index is 12.5. The molecule has 2 rings (SSSR count). The Morgan fingerprint density at radius 2 is 2.11 bits per heavy atom. The van der Waals surface area contributed by atoms with E-state index in [0.717, 1.165) is 12.1 Å². The van der Waals surface area contributed by atoms with Gasteiger partial charge < -0.3 is 9.84 Å². The third-order valence-corrected chi connectivity index (χ3v) is 2.25. The molecule has 0 saturated heterocycles. The summed E-state index contributed by atoms with van der Waals surface area (Å²) < 4.78 is 42.3. The number of nitrogens with one attached hydrogen (secondary N) is 1. The minimum absolute atomic E-state index is 0.0197. The van der Waals surface area contributed by atoms with Gasteiger partial charge in [0.2, 0.25) is 0 Å². The predicted molar refractivity (Wildman–Crippen MR) is 58.1 cm³/mol. The number of rotatable bonds is 3. The van der Waals surface area contributed by atoms with Crippen molar-refractivity contribution in [2.45, 2.75) is 12.7 Å². The van der Waals surface area contributed by atoms with E-state index in [0.29, 0.717) is 5.76 Å². The number of aromatic nitrogens is 2. The lowest BCUT2D eigenvalue weighted by atomic mass is 10.2. The molecule has 0 aliphatic rings. The van der Waals surface area contributed by atoms with Crippen molar-refractivity contribution in [2.75, 3.05) is 5.32 Å². The molecule has 0 amide bonds. The van der Waals surface area contributed by atoms with Gasteiger partial charge in [0.1, 0.15) is 11.0 Å². The molecule has 96 valence electrons.